The third-order valence-electron chi connectivity index (χ3n) is 4.49. The molecule has 0 atom stereocenters. The fourth-order valence-electron chi connectivity index (χ4n) is 3.13. The first-order valence-corrected chi connectivity index (χ1v) is 8.45. The molecule has 3 aromatic rings. The molecule has 0 bridgehead atoms. The highest BCUT2D eigenvalue weighted by Crippen LogP contribution is 2.26. The number of esters is 1. The Balaban J connectivity index is 2.08. The molecule has 0 aliphatic heterocycles. The summed E-state index contributed by atoms with van der Waals surface area (Å²) in [5, 5.41) is 0. The molecule has 3 rings (SSSR count). The van der Waals surface area contributed by atoms with Crippen LogP contribution in [0.2, 0.25) is 0 Å². The van der Waals surface area contributed by atoms with Gasteiger partial charge in [-0.15, -0.1) is 0 Å². The Kier molecular flexibility index (Phi) is 5.03. The summed E-state index contributed by atoms with van der Waals surface area (Å²) in [6.45, 7) is 4.28. The first-order chi connectivity index (χ1) is 12.5. The number of pyridine rings is 1. The standard InChI is InChI=1S/C22H21NO3/c1-15-8-7-11-19(21(15)22(25)26-3)18-12-16(2)23(20(24)13-18)14-17-9-5-4-6-10-17/h4-13H,14H2,1-3H3. The van der Waals surface area contributed by atoms with Crippen molar-refractivity contribution in [3.63, 3.8) is 0 Å². The van der Waals surface area contributed by atoms with E-state index >= 15 is 0 Å². The maximum absolute atomic E-state index is 12.7. The number of hydrogen-bond acceptors (Lipinski definition) is 3. The summed E-state index contributed by atoms with van der Waals surface area (Å²) in [5.41, 5.74) is 4.56. The molecule has 0 aliphatic rings. The Morgan fingerprint density at radius 2 is 1.73 bits per heavy atom. The zero-order valence-corrected chi connectivity index (χ0v) is 15.2. The van der Waals surface area contributed by atoms with Crippen LogP contribution >= 0.6 is 0 Å². The van der Waals surface area contributed by atoms with Gasteiger partial charge in [-0.1, -0.05) is 48.5 Å². The van der Waals surface area contributed by atoms with Crippen molar-refractivity contribution in [1.29, 1.82) is 0 Å². The van der Waals surface area contributed by atoms with Gasteiger partial charge in [0.15, 0.2) is 0 Å². The SMILES string of the molecule is COC(=O)c1c(C)cccc1-c1cc(C)n(Cc2ccccc2)c(=O)c1. The number of rotatable bonds is 4. The molecule has 4 heteroatoms. The molecule has 0 radical (unpaired) electrons. The van der Waals surface area contributed by atoms with Crippen LogP contribution < -0.4 is 5.56 Å². The summed E-state index contributed by atoms with van der Waals surface area (Å²) in [6, 6.07) is 19.0. The topological polar surface area (TPSA) is 48.3 Å². The highest BCUT2D eigenvalue weighted by atomic mass is 16.5. The fraction of sp³-hybridized carbons (Fsp3) is 0.182. The van der Waals surface area contributed by atoms with E-state index in [1.165, 1.54) is 7.11 Å². The second-order valence-electron chi connectivity index (χ2n) is 6.28. The second kappa shape index (κ2) is 7.40. The minimum Gasteiger partial charge on any atom is -0.465 e. The number of carbonyl (C=O) groups excluding carboxylic acids is 1. The molecule has 1 aromatic heterocycles. The van der Waals surface area contributed by atoms with Crippen LogP contribution in [0.3, 0.4) is 0 Å². The third kappa shape index (κ3) is 3.45. The number of aromatic nitrogens is 1. The van der Waals surface area contributed by atoms with Crippen molar-refractivity contribution in [2.45, 2.75) is 20.4 Å². The van der Waals surface area contributed by atoms with Gasteiger partial charge in [0.1, 0.15) is 0 Å². The number of nitrogens with zero attached hydrogens (tertiary/aromatic N) is 1. The lowest BCUT2D eigenvalue weighted by atomic mass is 9.96. The number of aryl methyl sites for hydroxylation is 2. The van der Waals surface area contributed by atoms with Gasteiger partial charge in [-0.2, -0.15) is 0 Å². The second-order valence-corrected chi connectivity index (χ2v) is 6.28. The molecule has 4 nitrogen and oxygen atoms in total. The number of benzene rings is 2. The van der Waals surface area contributed by atoms with E-state index in [0.29, 0.717) is 17.7 Å². The summed E-state index contributed by atoms with van der Waals surface area (Å²) in [6.07, 6.45) is 0. The number of ether oxygens (including phenoxy) is 1. The Morgan fingerprint density at radius 3 is 2.38 bits per heavy atom. The van der Waals surface area contributed by atoms with Crippen molar-refractivity contribution >= 4 is 5.97 Å². The predicted octanol–water partition coefficient (Wildman–Crippen LogP) is 3.97. The molecule has 0 fully saturated rings. The molecule has 0 aliphatic carbocycles. The molecule has 0 N–H and O–H groups in total. The van der Waals surface area contributed by atoms with Crippen LogP contribution in [0, 0.1) is 13.8 Å². The van der Waals surface area contributed by atoms with Crippen molar-refractivity contribution in [2.24, 2.45) is 0 Å². The zero-order valence-electron chi connectivity index (χ0n) is 15.2. The van der Waals surface area contributed by atoms with E-state index < -0.39 is 5.97 Å². The minimum atomic E-state index is -0.399. The maximum Gasteiger partial charge on any atom is 0.338 e. The fourth-order valence-corrected chi connectivity index (χ4v) is 3.13. The Hall–Kier alpha value is -3.14. The first kappa shape index (κ1) is 17.7. The minimum absolute atomic E-state index is 0.0961. The predicted molar refractivity (Wildman–Crippen MR) is 102 cm³/mol. The molecule has 0 saturated carbocycles. The van der Waals surface area contributed by atoms with E-state index in [0.717, 1.165) is 22.4 Å². The number of methoxy groups -OCH3 is 1. The average Bonchev–Trinajstić information content (AvgIpc) is 2.64. The molecule has 26 heavy (non-hydrogen) atoms. The Labute approximate surface area is 152 Å². The van der Waals surface area contributed by atoms with Crippen LogP contribution in [0.15, 0.2) is 65.5 Å². The van der Waals surface area contributed by atoms with Crippen molar-refractivity contribution in [2.75, 3.05) is 7.11 Å². The van der Waals surface area contributed by atoms with Crippen molar-refractivity contribution in [1.82, 2.24) is 4.57 Å². The van der Waals surface area contributed by atoms with Crippen LogP contribution in [0.4, 0.5) is 0 Å². The quantitative estimate of drug-likeness (QED) is 0.671. The van der Waals surface area contributed by atoms with Crippen LogP contribution in [0.1, 0.15) is 27.2 Å². The smallest absolute Gasteiger partial charge is 0.338 e. The largest absolute Gasteiger partial charge is 0.465 e. The van der Waals surface area contributed by atoms with Crippen LogP contribution in [-0.4, -0.2) is 17.6 Å². The lowest BCUT2D eigenvalue weighted by Crippen LogP contribution is -2.22. The molecular weight excluding hydrogens is 326 g/mol. The molecule has 0 spiro atoms. The van der Waals surface area contributed by atoms with Gasteiger partial charge in [-0.25, -0.2) is 4.79 Å². The lowest BCUT2D eigenvalue weighted by molar-refractivity contribution is 0.0601. The molecule has 0 unspecified atom stereocenters. The first-order valence-electron chi connectivity index (χ1n) is 8.45. The number of hydrogen-bond donors (Lipinski definition) is 0. The van der Waals surface area contributed by atoms with E-state index in [9.17, 15) is 9.59 Å². The third-order valence-corrected chi connectivity index (χ3v) is 4.49. The van der Waals surface area contributed by atoms with Gasteiger partial charge in [0, 0.05) is 11.8 Å². The van der Waals surface area contributed by atoms with Crippen LogP contribution in [0.25, 0.3) is 11.1 Å². The summed E-state index contributed by atoms with van der Waals surface area (Å²) in [4.78, 5) is 24.9. The van der Waals surface area contributed by atoms with Gasteiger partial charge >= 0.3 is 5.97 Å². The van der Waals surface area contributed by atoms with Gasteiger partial charge in [-0.05, 0) is 42.2 Å². The van der Waals surface area contributed by atoms with E-state index in [1.54, 1.807) is 10.6 Å². The van der Waals surface area contributed by atoms with Crippen LogP contribution in [0.5, 0.6) is 0 Å². The molecular formula is C22H21NO3. The molecule has 2 aromatic carbocycles. The summed E-state index contributed by atoms with van der Waals surface area (Å²) >= 11 is 0. The van der Waals surface area contributed by atoms with Gasteiger partial charge in [0.2, 0.25) is 0 Å². The van der Waals surface area contributed by atoms with E-state index in [2.05, 4.69) is 0 Å². The summed E-state index contributed by atoms with van der Waals surface area (Å²) in [7, 11) is 1.36. The van der Waals surface area contributed by atoms with Crippen molar-refractivity contribution < 1.29 is 9.53 Å². The normalized spacial score (nSPS) is 10.6. The zero-order chi connectivity index (χ0) is 18.7. The molecule has 1 heterocycles. The Morgan fingerprint density at radius 1 is 1.00 bits per heavy atom. The molecule has 0 amide bonds. The van der Waals surface area contributed by atoms with Gasteiger partial charge in [-0.3, -0.25) is 4.79 Å². The highest BCUT2D eigenvalue weighted by Gasteiger charge is 2.17. The van der Waals surface area contributed by atoms with E-state index in [-0.39, 0.29) is 5.56 Å². The van der Waals surface area contributed by atoms with Crippen molar-refractivity contribution in [3.8, 4) is 11.1 Å². The van der Waals surface area contributed by atoms with Gasteiger partial charge < -0.3 is 9.30 Å². The van der Waals surface area contributed by atoms with Gasteiger partial charge in [0.05, 0.1) is 19.2 Å². The lowest BCUT2D eigenvalue weighted by Gasteiger charge is -2.14. The monoisotopic (exact) mass is 347 g/mol. The molecule has 132 valence electrons. The Bertz CT molecular complexity index is 1000. The van der Waals surface area contributed by atoms with Gasteiger partial charge in [0.25, 0.3) is 5.56 Å². The summed E-state index contributed by atoms with van der Waals surface area (Å²) in [5.74, 6) is -0.399. The van der Waals surface area contributed by atoms with E-state index in [4.69, 9.17) is 4.74 Å². The highest BCUT2D eigenvalue weighted by molar-refractivity contribution is 5.98. The average molecular weight is 347 g/mol. The summed E-state index contributed by atoms with van der Waals surface area (Å²) < 4.78 is 6.65. The van der Waals surface area contributed by atoms with E-state index in [1.807, 2.05) is 68.4 Å². The molecule has 0 saturated heterocycles. The van der Waals surface area contributed by atoms with Crippen LogP contribution in [-0.2, 0) is 11.3 Å². The number of carbonyl (C=O) groups is 1. The maximum atomic E-state index is 12.7. The van der Waals surface area contributed by atoms with Crippen molar-refractivity contribution in [3.05, 3.63) is 93.4 Å².